The normalized spacial score (nSPS) is 12.5. The largest absolute Gasteiger partial charge is 0.573 e. The second-order valence-electron chi connectivity index (χ2n) is 2.29. The molecule has 0 radical (unpaired) electrons. The minimum Gasteiger partial charge on any atom is -0.406 e. The van der Waals surface area contributed by atoms with E-state index in [1.807, 2.05) is 0 Å². The van der Waals surface area contributed by atoms with Gasteiger partial charge in [0.25, 0.3) is 0 Å². The lowest BCUT2D eigenvalue weighted by molar-refractivity contribution is -0.303. The van der Waals surface area contributed by atoms with Crippen molar-refractivity contribution >= 4 is 0 Å². The lowest BCUT2D eigenvalue weighted by Gasteiger charge is -2.07. The van der Waals surface area contributed by atoms with Gasteiger partial charge in [0, 0.05) is 6.08 Å². The molecule has 0 aliphatic rings. The van der Waals surface area contributed by atoms with Crippen molar-refractivity contribution in [3.05, 3.63) is 36.4 Å². The van der Waals surface area contributed by atoms with Gasteiger partial charge < -0.3 is 4.74 Å². The topological polar surface area (TPSA) is 9.23 Å². The molecule has 0 atom stereocenters. The Morgan fingerprint density at radius 2 is 1.77 bits per heavy atom. The number of rotatable bonds is 3. The van der Waals surface area contributed by atoms with Crippen LogP contribution in [0.3, 0.4) is 0 Å². The Morgan fingerprint density at radius 3 is 2.08 bits per heavy atom. The number of hydrogen-bond acceptors (Lipinski definition) is 1. The van der Waals surface area contributed by atoms with Crippen LogP contribution in [0.1, 0.15) is 6.92 Å². The van der Waals surface area contributed by atoms with E-state index in [0.29, 0.717) is 6.08 Å². The summed E-state index contributed by atoms with van der Waals surface area (Å²) in [7, 11) is 0. The lowest BCUT2D eigenvalue weighted by Crippen LogP contribution is -2.11. The Kier molecular flexibility index (Phi) is 3.71. The molecule has 0 bridgehead atoms. The Hall–Kier alpha value is -1.26. The maximum atomic E-state index is 12.6. The second-order valence-corrected chi connectivity index (χ2v) is 2.29. The second kappa shape index (κ2) is 4.11. The third-order valence-electron chi connectivity index (χ3n) is 0.942. The highest BCUT2D eigenvalue weighted by atomic mass is 19.4. The predicted molar refractivity (Wildman–Crippen MR) is 40.3 cm³/mol. The van der Waals surface area contributed by atoms with Gasteiger partial charge in [-0.25, -0.2) is 4.39 Å². The first-order valence-corrected chi connectivity index (χ1v) is 3.20. The van der Waals surface area contributed by atoms with E-state index in [4.69, 9.17) is 0 Å². The van der Waals surface area contributed by atoms with Gasteiger partial charge in [0.15, 0.2) is 0 Å². The van der Waals surface area contributed by atoms with Gasteiger partial charge >= 0.3 is 6.36 Å². The molecule has 0 N–H and O–H groups in total. The highest BCUT2D eigenvalue weighted by Crippen LogP contribution is 2.22. The van der Waals surface area contributed by atoms with Gasteiger partial charge in [-0.2, -0.15) is 0 Å². The number of alkyl halides is 3. The van der Waals surface area contributed by atoms with Gasteiger partial charge in [0.05, 0.1) is 0 Å². The monoisotopic (exact) mass is 196 g/mol. The molecule has 5 heteroatoms. The fourth-order valence-electron chi connectivity index (χ4n) is 0.443. The molecule has 0 saturated heterocycles. The van der Waals surface area contributed by atoms with Crippen molar-refractivity contribution in [1.82, 2.24) is 0 Å². The van der Waals surface area contributed by atoms with Gasteiger partial charge in [0.1, 0.15) is 11.6 Å². The maximum Gasteiger partial charge on any atom is 0.573 e. The number of allylic oxidation sites excluding steroid dienone is 3. The summed E-state index contributed by atoms with van der Waals surface area (Å²) >= 11 is 0. The molecular weight excluding hydrogens is 188 g/mol. The molecular formula is C8H8F4O. The average Bonchev–Trinajstić information content (AvgIpc) is 1.81. The SMILES string of the molecule is C=C(/C=C(/F)C(=C)C)OC(F)(F)F. The molecule has 0 heterocycles. The molecule has 0 rings (SSSR count). The minimum absolute atomic E-state index is 0.00641. The zero-order chi connectivity index (χ0) is 10.6. The van der Waals surface area contributed by atoms with Crippen molar-refractivity contribution in [2.75, 3.05) is 0 Å². The molecule has 13 heavy (non-hydrogen) atoms. The fraction of sp³-hybridized carbons (Fsp3) is 0.250. The van der Waals surface area contributed by atoms with E-state index in [1.165, 1.54) is 6.92 Å². The molecule has 0 aromatic carbocycles. The first-order chi connectivity index (χ1) is 5.72. The summed E-state index contributed by atoms with van der Waals surface area (Å²) in [5, 5.41) is 0. The Labute approximate surface area is 73.0 Å². The molecule has 0 aromatic heterocycles. The average molecular weight is 196 g/mol. The molecule has 0 spiro atoms. The molecule has 1 nitrogen and oxygen atoms in total. The zero-order valence-corrected chi connectivity index (χ0v) is 6.91. The molecule has 0 aliphatic carbocycles. The molecule has 0 aromatic rings. The van der Waals surface area contributed by atoms with Crippen LogP contribution in [0.15, 0.2) is 36.4 Å². The summed E-state index contributed by atoms with van der Waals surface area (Å²) in [6.45, 7) is 7.36. The van der Waals surface area contributed by atoms with Crippen LogP contribution in [0.25, 0.3) is 0 Å². The van der Waals surface area contributed by atoms with Gasteiger partial charge in [-0.3, -0.25) is 0 Å². The number of ether oxygens (including phenoxy) is 1. The highest BCUT2D eigenvalue weighted by molar-refractivity contribution is 5.25. The highest BCUT2D eigenvalue weighted by Gasteiger charge is 2.31. The summed E-state index contributed by atoms with van der Waals surface area (Å²) in [5.74, 6) is -1.71. The maximum absolute atomic E-state index is 12.6. The van der Waals surface area contributed by atoms with E-state index in [-0.39, 0.29) is 5.57 Å². The summed E-state index contributed by atoms with van der Waals surface area (Å²) in [6.07, 6.45) is -4.32. The van der Waals surface area contributed by atoms with Crippen LogP contribution < -0.4 is 0 Å². The molecule has 0 aliphatic heterocycles. The van der Waals surface area contributed by atoms with Crippen LogP contribution in [0.4, 0.5) is 17.6 Å². The molecule has 74 valence electrons. The number of halogens is 4. The Morgan fingerprint density at radius 1 is 1.31 bits per heavy atom. The van der Waals surface area contributed by atoms with Crippen molar-refractivity contribution in [2.45, 2.75) is 13.3 Å². The predicted octanol–water partition coefficient (Wildman–Crippen LogP) is 3.47. The van der Waals surface area contributed by atoms with E-state index in [2.05, 4.69) is 17.9 Å². The van der Waals surface area contributed by atoms with Gasteiger partial charge in [-0.1, -0.05) is 13.2 Å². The van der Waals surface area contributed by atoms with Crippen molar-refractivity contribution in [2.24, 2.45) is 0 Å². The van der Waals surface area contributed by atoms with Crippen LogP contribution in [0.2, 0.25) is 0 Å². The van der Waals surface area contributed by atoms with Crippen LogP contribution >= 0.6 is 0 Å². The summed E-state index contributed by atoms with van der Waals surface area (Å²) < 4.78 is 50.4. The van der Waals surface area contributed by atoms with Crippen LogP contribution in [0.5, 0.6) is 0 Å². The minimum atomic E-state index is -4.84. The van der Waals surface area contributed by atoms with Crippen LogP contribution in [-0.4, -0.2) is 6.36 Å². The quantitative estimate of drug-likeness (QED) is 0.381. The van der Waals surface area contributed by atoms with Crippen LogP contribution in [-0.2, 0) is 4.74 Å². The van der Waals surface area contributed by atoms with Gasteiger partial charge in [0.2, 0.25) is 0 Å². The third kappa shape index (κ3) is 5.95. The van der Waals surface area contributed by atoms with E-state index >= 15 is 0 Å². The number of hydrogen-bond donors (Lipinski definition) is 0. The summed E-state index contributed by atoms with van der Waals surface area (Å²) in [6, 6.07) is 0. The standard InChI is InChI=1S/C8H8F4O/c1-5(2)7(9)4-6(3)13-8(10,11)12/h4H,1,3H2,2H3/b7-4+. The molecule has 0 saturated carbocycles. The first-order valence-electron chi connectivity index (χ1n) is 3.20. The Bertz CT molecular complexity index is 249. The Balaban J connectivity index is 4.32. The van der Waals surface area contributed by atoms with Crippen molar-refractivity contribution < 1.29 is 22.3 Å². The zero-order valence-electron chi connectivity index (χ0n) is 6.91. The summed E-state index contributed by atoms with van der Waals surface area (Å²) in [5.41, 5.74) is 0.00641. The van der Waals surface area contributed by atoms with E-state index in [1.54, 1.807) is 0 Å². The van der Waals surface area contributed by atoms with E-state index in [0.717, 1.165) is 0 Å². The third-order valence-corrected chi connectivity index (χ3v) is 0.942. The van der Waals surface area contributed by atoms with E-state index in [9.17, 15) is 17.6 Å². The van der Waals surface area contributed by atoms with Crippen molar-refractivity contribution in [1.29, 1.82) is 0 Å². The van der Waals surface area contributed by atoms with Gasteiger partial charge in [-0.15, -0.1) is 13.2 Å². The van der Waals surface area contributed by atoms with Gasteiger partial charge in [-0.05, 0) is 12.5 Å². The smallest absolute Gasteiger partial charge is 0.406 e. The summed E-state index contributed by atoms with van der Waals surface area (Å²) in [4.78, 5) is 0. The van der Waals surface area contributed by atoms with Crippen molar-refractivity contribution in [3.63, 3.8) is 0 Å². The molecule has 0 unspecified atom stereocenters. The fourth-order valence-corrected chi connectivity index (χ4v) is 0.443. The molecule has 0 fully saturated rings. The molecule has 0 amide bonds. The van der Waals surface area contributed by atoms with Crippen molar-refractivity contribution in [3.8, 4) is 0 Å². The lowest BCUT2D eigenvalue weighted by atomic mass is 10.3. The van der Waals surface area contributed by atoms with Crippen LogP contribution in [0, 0.1) is 0 Å². The first kappa shape index (κ1) is 11.7. The van der Waals surface area contributed by atoms with E-state index < -0.39 is 17.9 Å².